The first-order chi connectivity index (χ1) is 11.6. The van der Waals surface area contributed by atoms with Crippen molar-refractivity contribution in [1.82, 2.24) is 15.3 Å². The Bertz CT molecular complexity index is 576. The molecule has 1 heterocycles. The number of carbonyl (C=O) groups excluding carboxylic acids is 2. The van der Waals surface area contributed by atoms with Crippen LogP contribution in [0.1, 0.15) is 55.8 Å². The molecule has 1 aromatic rings. The van der Waals surface area contributed by atoms with Crippen molar-refractivity contribution in [3.05, 3.63) is 11.8 Å². The number of nitrogen functional groups attached to an aromatic ring is 1. The molecule has 1 aromatic heterocycles. The Labute approximate surface area is 146 Å². The maximum Gasteiger partial charge on any atom is 0.343 e. The second-order valence-corrected chi connectivity index (χ2v) is 6.73. The highest BCUT2D eigenvalue weighted by Crippen LogP contribution is 2.19. The van der Waals surface area contributed by atoms with E-state index in [0.29, 0.717) is 23.4 Å². The molecule has 3 N–H and O–H groups in total. The predicted octanol–water partition coefficient (Wildman–Crippen LogP) is 2.17. The van der Waals surface area contributed by atoms with Gasteiger partial charge in [0.05, 0.1) is 6.61 Å². The van der Waals surface area contributed by atoms with Crippen molar-refractivity contribution in [1.29, 1.82) is 0 Å². The van der Waals surface area contributed by atoms with Gasteiger partial charge < -0.3 is 15.8 Å². The Morgan fingerprint density at radius 1 is 1.38 bits per heavy atom. The molecule has 0 spiro atoms. The molecule has 0 aromatic carbocycles. The zero-order valence-electron chi connectivity index (χ0n) is 13.9. The molecule has 0 saturated heterocycles. The quantitative estimate of drug-likeness (QED) is 0.440. The van der Waals surface area contributed by atoms with Crippen molar-refractivity contribution >= 4 is 29.5 Å². The van der Waals surface area contributed by atoms with Crippen LogP contribution in [0.3, 0.4) is 0 Å². The van der Waals surface area contributed by atoms with Crippen LogP contribution in [-0.4, -0.2) is 40.2 Å². The summed E-state index contributed by atoms with van der Waals surface area (Å²) in [6.45, 7) is 1.99. The zero-order valence-corrected chi connectivity index (χ0v) is 14.7. The molecule has 7 nitrogen and oxygen atoms in total. The molecule has 0 bridgehead atoms. The Balaban J connectivity index is 1.76. The Kier molecular flexibility index (Phi) is 7.30. The number of nitrogens with zero attached hydrogens (tertiary/aromatic N) is 2. The fraction of sp³-hybridized carbons (Fsp3) is 0.625. The van der Waals surface area contributed by atoms with Crippen LogP contribution in [0.4, 0.5) is 5.82 Å². The third kappa shape index (κ3) is 5.67. The molecular weight excluding hydrogens is 328 g/mol. The molecule has 24 heavy (non-hydrogen) atoms. The molecule has 132 valence electrons. The topological polar surface area (TPSA) is 107 Å². The molecule has 1 fully saturated rings. The molecule has 0 aliphatic heterocycles. The number of thioether (sulfide) groups is 1. The Morgan fingerprint density at radius 3 is 2.79 bits per heavy atom. The van der Waals surface area contributed by atoms with E-state index in [1.807, 2.05) is 0 Å². The minimum atomic E-state index is -0.529. The second-order valence-electron chi connectivity index (χ2n) is 5.67. The van der Waals surface area contributed by atoms with Gasteiger partial charge in [-0.2, -0.15) is 0 Å². The van der Waals surface area contributed by atoms with Crippen LogP contribution in [-0.2, 0) is 9.53 Å². The van der Waals surface area contributed by atoms with Gasteiger partial charge in [0.1, 0.15) is 11.4 Å². The number of nitrogens with one attached hydrogen (secondary N) is 1. The molecule has 1 amide bonds. The van der Waals surface area contributed by atoms with E-state index in [1.165, 1.54) is 37.2 Å². The summed E-state index contributed by atoms with van der Waals surface area (Å²) in [6.07, 6.45) is 7.58. The molecule has 0 radical (unpaired) electrons. The third-order valence-electron chi connectivity index (χ3n) is 3.82. The minimum absolute atomic E-state index is 0.0607. The monoisotopic (exact) mass is 352 g/mol. The van der Waals surface area contributed by atoms with E-state index in [2.05, 4.69) is 15.3 Å². The summed E-state index contributed by atoms with van der Waals surface area (Å²) in [4.78, 5) is 31.7. The second kappa shape index (κ2) is 9.46. The normalized spacial score (nSPS) is 15.0. The van der Waals surface area contributed by atoms with Gasteiger partial charge in [-0.05, 0) is 19.8 Å². The summed E-state index contributed by atoms with van der Waals surface area (Å²) < 4.78 is 4.87. The number of carbonyl (C=O) groups is 2. The summed E-state index contributed by atoms with van der Waals surface area (Å²) in [5.41, 5.74) is 5.93. The van der Waals surface area contributed by atoms with Gasteiger partial charge in [0.2, 0.25) is 5.91 Å². The van der Waals surface area contributed by atoms with Crippen LogP contribution >= 0.6 is 11.8 Å². The number of nitrogens with two attached hydrogens (primary N) is 1. The van der Waals surface area contributed by atoms with Crippen molar-refractivity contribution in [2.24, 2.45) is 0 Å². The summed E-state index contributed by atoms with van der Waals surface area (Å²) in [7, 11) is 0. The van der Waals surface area contributed by atoms with Crippen LogP contribution < -0.4 is 11.1 Å². The number of anilines is 1. The lowest BCUT2D eigenvalue weighted by Crippen LogP contribution is -2.36. The largest absolute Gasteiger partial charge is 0.462 e. The van der Waals surface area contributed by atoms with Crippen LogP contribution in [0.15, 0.2) is 11.4 Å². The number of hydrogen-bond donors (Lipinski definition) is 2. The zero-order chi connectivity index (χ0) is 17.4. The number of ether oxygens (including phenoxy) is 1. The number of aromatic nitrogens is 2. The van der Waals surface area contributed by atoms with Gasteiger partial charge in [-0.1, -0.05) is 31.0 Å². The lowest BCUT2D eigenvalue weighted by atomic mass is 9.95. The maximum atomic E-state index is 11.9. The van der Waals surface area contributed by atoms with E-state index in [0.717, 1.165) is 12.8 Å². The van der Waals surface area contributed by atoms with E-state index in [1.54, 1.807) is 6.92 Å². The maximum absolute atomic E-state index is 11.9. The number of rotatable bonds is 7. The van der Waals surface area contributed by atoms with E-state index in [-0.39, 0.29) is 23.9 Å². The highest BCUT2D eigenvalue weighted by molar-refractivity contribution is 7.99. The fourth-order valence-corrected chi connectivity index (χ4v) is 3.36. The molecule has 1 aliphatic carbocycles. The van der Waals surface area contributed by atoms with E-state index >= 15 is 0 Å². The highest BCUT2D eigenvalue weighted by Gasteiger charge is 2.16. The van der Waals surface area contributed by atoms with Crippen LogP contribution in [0.2, 0.25) is 0 Å². The molecule has 0 atom stereocenters. The molecule has 8 heteroatoms. The number of hydrogen-bond acceptors (Lipinski definition) is 7. The van der Waals surface area contributed by atoms with E-state index < -0.39 is 5.97 Å². The third-order valence-corrected chi connectivity index (χ3v) is 4.69. The lowest BCUT2D eigenvalue weighted by Gasteiger charge is -2.22. The van der Waals surface area contributed by atoms with Gasteiger partial charge in [-0.15, -0.1) is 0 Å². The summed E-state index contributed by atoms with van der Waals surface area (Å²) in [5.74, 6) is 0.193. The van der Waals surface area contributed by atoms with Crippen LogP contribution in [0.25, 0.3) is 0 Å². The van der Waals surface area contributed by atoms with Gasteiger partial charge >= 0.3 is 5.97 Å². The standard InChI is InChI=1S/C16H24N4O3S/c1-2-23-15(22)12-10-18-16(20-14(12)17)24-9-8-13(21)19-11-6-4-3-5-7-11/h10-11H,2-9H2,1H3,(H,19,21)(H2,17,18,20). The molecule has 1 aliphatic rings. The SMILES string of the molecule is CCOC(=O)c1cnc(SCCC(=O)NC2CCCCC2)nc1N. The van der Waals surface area contributed by atoms with Gasteiger partial charge in [-0.25, -0.2) is 14.8 Å². The summed E-state index contributed by atoms with van der Waals surface area (Å²) in [6, 6.07) is 0.326. The average Bonchev–Trinajstić information content (AvgIpc) is 2.56. The van der Waals surface area contributed by atoms with Crippen molar-refractivity contribution in [2.45, 2.75) is 56.6 Å². The van der Waals surface area contributed by atoms with Crippen molar-refractivity contribution in [3.8, 4) is 0 Å². The van der Waals surface area contributed by atoms with E-state index in [9.17, 15) is 9.59 Å². The number of amides is 1. The lowest BCUT2D eigenvalue weighted by molar-refractivity contribution is -0.121. The fourth-order valence-electron chi connectivity index (χ4n) is 2.60. The van der Waals surface area contributed by atoms with E-state index in [4.69, 9.17) is 10.5 Å². The van der Waals surface area contributed by atoms with Gasteiger partial charge in [0.15, 0.2) is 5.16 Å². The van der Waals surface area contributed by atoms with Gasteiger partial charge in [-0.3, -0.25) is 4.79 Å². The van der Waals surface area contributed by atoms with Gasteiger partial charge in [0.25, 0.3) is 0 Å². The average molecular weight is 352 g/mol. The van der Waals surface area contributed by atoms with Gasteiger partial charge in [0, 0.05) is 24.4 Å². The van der Waals surface area contributed by atoms with Crippen molar-refractivity contribution in [2.75, 3.05) is 18.1 Å². The van der Waals surface area contributed by atoms with Crippen molar-refractivity contribution in [3.63, 3.8) is 0 Å². The number of esters is 1. The van der Waals surface area contributed by atoms with Crippen molar-refractivity contribution < 1.29 is 14.3 Å². The first-order valence-electron chi connectivity index (χ1n) is 8.32. The van der Waals surface area contributed by atoms with Crippen LogP contribution in [0.5, 0.6) is 0 Å². The minimum Gasteiger partial charge on any atom is -0.462 e. The summed E-state index contributed by atoms with van der Waals surface area (Å²) >= 11 is 1.34. The smallest absolute Gasteiger partial charge is 0.343 e. The predicted molar refractivity (Wildman–Crippen MR) is 92.8 cm³/mol. The molecule has 1 saturated carbocycles. The first kappa shape index (κ1) is 18.5. The van der Waals surface area contributed by atoms with Crippen LogP contribution in [0, 0.1) is 0 Å². The molecule has 0 unspecified atom stereocenters. The molecule has 2 rings (SSSR count). The Hall–Kier alpha value is -1.83. The Morgan fingerprint density at radius 2 is 2.12 bits per heavy atom. The highest BCUT2D eigenvalue weighted by atomic mass is 32.2. The molecular formula is C16H24N4O3S. The first-order valence-corrected chi connectivity index (χ1v) is 9.30. The summed E-state index contributed by atoms with van der Waals surface area (Å²) in [5, 5.41) is 3.53.